The van der Waals surface area contributed by atoms with Gasteiger partial charge in [-0.2, -0.15) is 0 Å². The number of ether oxygens (including phenoxy) is 1. The van der Waals surface area contributed by atoms with Crippen molar-refractivity contribution < 1.29 is 19.1 Å². The van der Waals surface area contributed by atoms with Crippen molar-refractivity contribution in [3.05, 3.63) is 89.5 Å². The number of benzene rings is 3. The number of nitrogens with zero attached hydrogens (tertiary/aromatic N) is 1. The number of carbonyl (C=O) groups is 3. The largest absolute Gasteiger partial charge is 0.493 e. The maximum atomic E-state index is 13.3. The Hall–Kier alpha value is -4.13. The van der Waals surface area contributed by atoms with Gasteiger partial charge in [0.05, 0.1) is 12.2 Å². The second-order valence-corrected chi connectivity index (χ2v) is 9.82. The van der Waals surface area contributed by atoms with E-state index in [1.165, 1.54) is 12.5 Å². The Morgan fingerprint density at radius 2 is 1.59 bits per heavy atom. The van der Waals surface area contributed by atoms with Gasteiger partial charge in [0.25, 0.3) is 11.8 Å². The molecule has 2 N–H and O–H groups in total. The van der Waals surface area contributed by atoms with Gasteiger partial charge in [0.2, 0.25) is 5.91 Å². The zero-order chi connectivity index (χ0) is 27.5. The summed E-state index contributed by atoms with van der Waals surface area (Å²) >= 11 is 0. The third kappa shape index (κ3) is 7.93. The topological polar surface area (TPSA) is 87.7 Å². The number of para-hydroxylation sites is 2. The van der Waals surface area contributed by atoms with Crippen LogP contribution in [0.25, 0.3) is 0 Å². The summed E-state index contributed by atoms with van der Waals surface area (Å²) in [4.78, 5) is 39.2. The number of carbonyl (C=O) groups excluding carboxylic acids is 3. The summed E-state index contributed by atoms with van der Waals surface area (Å²) in [7, 11) is 0. The third-order valence-electron chi connectivity index (χ3n) is 6.83. The van der Waals surface area contributed by atoms with E-state index >= 15 is 0 Å². The van der Waals surface area contributed by atoms with E-state index in [2.05, 4.69) is 16.7 Å². The van der Waals surface area contributed by atoms with Gasteiger partial charge in [-0.3, -0.25) is 14.4 Å². The van der Waals surface area contributed by atoms with Gasteiger partial charge in [-0.1, -0.05) is 43.2 Å². The first kappa shape index (κ1) is 27.9. The first-order valence-corrected chi connectivity index (χ1v) is 13.8. The lowest BCUT2D eigenvalue weighted by atomic mass is 10.1. The number of aryl methyl sites for hydroxylation is 1. The first-order chi connectivity index (χ1) is 19.0. The van der Waals surface area contributed by atoms with E-state index in [0.29, 0.717) is 42.3 Å². The maximum Gasteiger partial charge on any atom is 0.259 e. The minimum Gasteiger partial charge on any atom is -0.493 e. The monoisotopic (exact) mass is 527 g/mol. The van der Waals surface area contributed by atoms with Crippen molar-refractivity contribution in [2.45, 2.75) is 51.9 Å². The Kier molecular flexibility index (Phi) is 10.1. The molecule has 0 bridgehead atoms. The molecule has 0 radical (unpaired) electrons. The van der Waals surface area contributed by atoms with Crippen LogP contribution in [0.15, 0.2) is 72.8 Å². The van der Waals surface area contributed by atoms with E-state index in [4.69, 9.17) is 4.74 Å². The molecule has 0 spiro atoms. The van der Waals surface area contributed by atoms with E-state index in [1.807, 2.05) is 35.2 Å². The molecule has 3 amide bonds. The molecule has 1 aliphatic rings. The lowest BCUT2D eigenvalue weighted by Crippen LogP contribution is -2.31. The van der Waals surface area contributed by atoms with E-state index in [0.717, 1.165) is 50.6 Å². The number of anilines is 2. The molecule has 0 aromatic heterocycles. The van der Waals surface area contributed by atoms with E-state index in [1.54, 1.807) is 36.4 Å². The van der Waals surface area contributed by atoms with Crippen molar-refractivity contribution in [2.75, 3.05) is 29.9 Å². The smallest absolute Gasteiger partial charge is 0.259 e. The number of fused-ring (bicyclic) bond motifs is 1. The van der Waals surface area contributed by atoms with Gasteiger partial charge in [-0.05, 0) is 80.1 Å². The van der Waals surface area contributed by atoms with Crippen molar-refractivity contribution in [1.82, 2.24) is 5.32 Å². The quantitative estimate of drug-likeness (QED) is 0.300. The standard InChI is InChI=1S/C32H37N3O4/c1-24(36)33-21-9-2-3-11-23-39-30-16-7-5-14-28(30)31(37)34-27-19-17-26(18-20-27)32(38)35-22-10-8-13-25-12-4-6-15-29(25)35/h4-7,12,14-20H,2-3,8-11,13,21-23H2,1H3,(H,33,36)(H,34,37). The lowest BCUT2D eigenvalue weighted by Gasteiger charge is -2.23. The number of hydrogen-bond donors (Lipinski definition) is 2. The van der Waals surface area contributed by atoms with Gasteiger partial charge in [0, 0.05) is 37.0 Å². The molecule has 7 nitrogen and oxygen atoms in total. The molecule has 0 aliphatic carbocycles. The van der Waals surface area contributed by atoms with Crippen molar-refractivity contribution in [3.8, 4) is 5.75 Å². The van der Waals surface area contributed by atoms with Gasteiger partial charge >= 0.3 is 0 Å². The van der Waals surface area contributed by atoms with Crippen LogP contribution in [0.4, 0.5) is 11.4 Å². The van der Waals surface area contributed by atoms with Crippen LogP contribution >= 0.6 is 0 Å². The molecule has 7 heteroatoms. The average molecular weight is 528 g/mol. The molecule has 1 aliphatic heterocycles. The molecule has 1 heterocycles. The summed E-state index contributed by atoms with van der Waals surface area (Å²) in [6.07, 6.45) is 6.82. The highest BCUT2D eigenvalue weighted by Crippen LogP contribution is 2.28. The van der Waals surface area contributed by atoms with Crippen molar-refractivity contribution >= 4 is 29.1 Å². The summed E-state index contributed by atoms with van der Waals surface area (Å²) in [5.41, 5.74) is 3.85. The molecule has 0 fully saturated rings. The molecule has 3 aromatic rings. The summed E-state index contributed by atoms with van der Waals surface area (Å²) in [6, 6.07) is 22.4. The van der Waals surface area contributed by atoms with Gasteiger partial charge in [-0.25, -0.2) is 0 Å². The van der Waals surface area contributed by atoms with Crippen molar-refractivity contribution in [3.63, 3.8) is 0 Å². The first-order valence-electron chi connectivity index (χ1n) is 13.8. The van der Waals surface area contributed by atoms with Crippen LogP contribution in [0.3, 0.4) is 0 Å². The van der Waals surface area contributed by atoms with Crippen LogP contribution < -0.4 is 20.3 Å². The molecule has 0 unspecified atom stereocenters. The summed E-state index contributed by atoms with van der Waals surface area (Å²) in [5.74, 6) is 0.244. The molecular formula is C32H37N3O4. The Labute approximate surface area is 230 Å². The van der Waals surface area contributed by atoms with Gasteiger partial charge in [0.1, 0.15) is 5.75 Å². The number of amides is 3. The fourth-order valence-corrected chi connectivity index (χ4v) is 4.76. The highest BCUT2D eigenvalue weighted by Gasteiger charge is 2.22. The van der Waals surface area contributed by atoms with Crippen LogP contribution in [0.1, 0.15) is 71.7 Å². The van der Waals surface area contributed by atoms with E-state index in [9.17, 15) is 14.4 Å². The fourth-order valence-electron chi connectivity index (χ4n) is 4.76. The van der Waals surface area contributed by atoms with E-state index in [-0.39, 0.29) is 17.7 Å². The van der Waals surface area contributed by atoms with Crippen molar-refractivity contribution in [2.24, 2.45) is 0 Å². The minimum atomic E-state index is -0.263. The second-order valence-electron chi connectivity index (χ2n) is 9.82. The highest BCUT2D eigenvalue weighted by atomic mass is 16.5. The zero-order valence-electron chi connectivity index (χ0n) is 22.6. The molecular weight excluding hydrogens is 490 g/mol. The van der Waals surface area contributed by atoms with Crippen LogP contribution in [-0.2, 0) is 11.2 Å². The summed E-state index contributed by atoms with van der Waals surface area (Å²) < 4.78 is 5.92. The normalized spacial score (nSPS) is 12.7. The minimum absolute atomic E-state index is 0.00312. The van der Waals surface area contributed by atoms with Crippen LogP contribution in [-0.4, -0.2) is 37.4 Å². The van der Waals surface area contributed by atoms with Gasteiger partial charge in [-0.15, -0.1) is 0 Å². The Bertz CT molecular complexity index is 1270. The van der Waals surface area contributed by atoms with Crippen molar-refractivity contribution in [1.29, 1.82) is 0 Å². The number of rotatable bonds is 11. The Balaban J connectivity index is 1.31. The molecule has 4 rings (SSSR count). The fraction of sp³-hybridized carbons (Fsp3) is 0.344. The number of unbranched alkanes of at least 4 members (excludes halogenated alkanes) is 3. The number of nitrogens with one attached hydrogen (secondary N) is 2. The predicted molar refractivity (Wildman–Crippen MR) is 155 cm³/mol. The van der Waals surface area contributed by atoms with Crippen LogP contribution in [0, 0.1) is 0 Å². The maximum absolute atomic E-state index is 13.3. The molecule has 39 heavy (non-hydrogen) atoms. The average Bonchev–Trinajstić information content (AvgIpc) is 3.17. The molecule has 0 saturated carbocycles. The highest BCUT2D eigenvalue weighted by molar-refractivity contribution is 6.08. The third-order valence-corrected chi connectivity index (χ3v) is 6.83. The summed E-state index contributed by atoms with van der Waals surface area (Å²) in [6.45, 7) is 3.43. The molecule has 0 atom stereocenters. The zero-order valence-corrected chi connectivity index (χ0v) is 22.6. The Morgan fingerprint density at radius 3 is 2.41 bits per heavy atom. The van der Waals surface area contributed by atoms with Crippen LogP contribution in [0.5, 0.6) is 5.75 Å². The Morgan fingerprint density at radius 1 is 0.846 bits per heavy atom. The SMILES string of the molecule is CC(=O)NCCCCCCOc1ccccc1C(=O)Nc1ccc(C(=O)N2CCCCc3ccccc32)cc1. The molecule has 3 aromatic carbocycles. The summed E-state index contributed by atoms with van der Waals surface area (Å²) in [5, 5.41) is 5.72. The molecule has 204 valence electrons. The predicted octanol–water partition coefficient (Wildman–Crippen LogP) is 6.00. The van der Waals surface area contributed by atoms with Gasteiger partial charge in [0.15, 0.2) is 0 Å². The van der Waals surface area contributed by atoms with E-state index < -0.39 is 0 Å². The second kappa shape index (κ2) is 14.1. The lowest BCUT2D eigenvalue weighted by molar-refractivity contribution is -0.118. The molecule has 0 saturated heterocycles. The number of hydrogen-bond acceptors (Lipinski definition) is 4. The van der Waals surface area contributed by atoms with Crippen LogP contribution in [0.2, 0.25) is 0 Å². The van der Waals surface area contributed by atoms with Gasteiger partial charge < -0.3 is 20.3 Å².